The van der Waals surface area contributed by atoms with Crippen molar-refractivity contribution in [3.8, 4) is 0 Å². The minimum Gasteiger partial charge on any atom is -0.370 e. The highest BCUT2D eigenvalue weighted by molar-refractivity contribution is 5.95. The normalized spacial score (nSPS) is 16.6. The van der Waals surface area contributed by atoms with Crippen molar-refractivity contribution >= 4 is 17.9 Å². The number of hydrogen-bond donors (Lipinski definition) is 0. The molecule has 1 amide bonds. The molecule has 0 spiro atoms. The third kappa shape index (κ3) is 2.76. The predicted molar refractivity (Wildman–Crippen MR) is 60.0 cm³/mol. The van der Waals surface area contributed by atoms with Gasteiger partial charge in [-0.25, -0.2) is 0 Å². The largest absolute Gasteiger partial charge is 0.417 e. The standard InChI is InChI=1S/C12H10F3NO3/c13-12(14,15)10-5-9(2-1-8(10)6-17)16-3-4-19-7-11(16)18/h1-2,5-6H,3-4,7H2. The quantitative estimate of drug-likeness (QED) is 0.773. The number of halogens is 3. The molecular formula is C12H10F3NO3. The Morgan fingerprint density at radius 3 is 2.63 bits per heavy atom. The molecule has 102 valence electrons. The van der Waals surface area contributed by atoms with E-state index in [-0.39, 0.29) is 31.7 Å². The van der Waals surface area contributed by atoms with Gasteiger partial charge in [0.15, 0.2) is 6.29 Å². The van der Waals surface area contributed by atoms with Crippen LogP contribution in [0.3, 0.4) is 0 Å². The Kier molecular flexibility index (Phi) is 3.57. The van der Waals surface area contributed by atoms with Gasteiger partial charge in [0.05, 0.1) is 12.2 Å². The molecule has 1 saturated heterocycles. The van der Waals surface area contributed by atoms with Crippen molar-refractivity contribution in [1.82, 2.24) is 0 Å². The van der Waals surface area contributed by atoms with Gasteiger partial charge in [-0.3, -0.25) is 9.59 Å². The molecule has 0 unspecified atom stereocenters. The van der Waals surface area contributed by atoms with Gasteiger partial charge in [-0.1, -0.05) is 0 Å². The third-order valence-electron chi connectivity index (χ3n) is 2.77. The highest BCUT2D eigenvalue weighted by Gasteiger charge is 2.34. The predicted octanol–water partition coefficient (Wildman–Crippen LogP) is 1.88. The molecule has 4 nitrogen and oxygen atoms in total. The number of ether oxygens (including phenoxy) is 1. The van der Waals surface area contributed by atoms with E-state index in [1.807, 2.05) is 0 Å². The molecule has 1 heterocycles. The number of amides is 1. The van der Waals surface area contributed by atoms with Crippen molar-refractivity contribution in [3.05, 3.63) is 29.3 Å². The summed E-state index contributed by atoms with van der Waals surface area (Å²) in [6, 6.07) is 3.20. The highest BCUT2D eigenvalue weighted by atomic mass is 19.4. The van der Waals surface area contributed by atoms with Crippen LogP contribution in [0, 0.1) is 0 Å². The summed E-state index contributed by atoms with van der Waals surface area (Å²) in [6.07, 6.45) is -4.49. The lowest BCUT2D eigenvalue weighted by Gasteiger charge is -2.27. The molecule has 2 rings (SSSR count). The topological polar surface area (TPSA) is 46.6 Å². The molecule has 0 N–H and O–H groups in total. The number of carbonyl (C=O) groups excluding carboxylic acids is 2. The lowest BCUT2D eigenvalue weighted by molar-refractivity contribution is -0.138. The van der Waals surface area contributed by atoms with E-state index in [0.29, 0.717) is 0 Å². The molecule has 1 aromatic rings. The number of carbonyl (C=O) groups is 2. The number of nitrogens with zero attached hydrogens (tertiary/aromatic N) is 1. The first-order chi connectivity index (χ1) is 8.93. The van der Waals surface area contributed by atoms with E-state index in [2.05, 4.69) is 0 Å². The van der Waals surface area contributed by atoms with Crippen molar-refractivity contribution in [3.63, 3.8) is 0 Å². The minimum absolute atomic E-state index is 0.117. The van der Waals surface area contributed by atoms with Gasteiger partial charge in [0, 0.05) is 17.8 Å². The zero-order valence-corrected chi connectivity index (χ0v) is 9.74. The Balaban J connectivity index is 2.42. The number of rotatable bonds is 2. The maximum atomic E-state index is 12.8. The van der Waals surface area contributed by atoms with E-state index in [4.69, 9.17) is 4.74 Å². The van der Waals surface area contributed by atoms with Crippen LogP contribution in [0.1, 0.15) is 15.9 Å². The molecule has 0 aromatic heterocycles. The molecule has 1 aliphatic rings. The second-order valence-corrected chi connectivity index (χ2v) is 3.99. The highest BCUT2D eigenvalue weighted by Crippen LogP contribution is 2.34. The fraction of sp³-hybridized carbons (Fsp3) is 0.333. The first kappa shape index (κ1) is 13.5. The summed E-state index contributed by atoms with van der Waals surface area (Å²) >= 11 is 0. The summed E-state index contributed by atoms with van der Waals surface area (Å²) < 4.78 is 43.3. The van der Waals surface area contributed by atoms with Gasteiger partial charge in [-0.2, -0.15) is 13.2 Å². The molecule has 0 saturated carbocycles. The fourth-order valence-corrected chi connectivity index (χ4v) is 1.85. The summed E-state index contributed by atoms with van der Waals surface area (Å²) in [5, 5.41) is 0. The number of hydrogen-bond acceptors (Lipinski definition) is 3. The van der Waals surface area contributed by atoms with Crippen molar-refractivity contribution < 1.29 is 27.5 Å². The number of anilines is 1. The molecule has 0 atom stereocenters. The zero-order chi connectivity index (χ0) is 14.0. The second-order valence-electron chi connectivity index (χ2n) is 3.99. The van der Waals surface area contributed by atoms with E-state index in [1.165, 1.54) is 11.0 Å². The third-order valence-corrected chi connectivity index (χ3v) is 2.77. The van der Waals surface area contributed by atoms with Gasteiger partial charge in [-0.15, -0.1) is 0 Å². The molecule has 0 bridgehead atoms. The first-order valence-electron chi connectivity index (χ1n) is 5.48. The van der Waals surface area contributed by atoms with E-state index in [0.717, 1.165) is 12.1 Å². The lowest BCUT2D eigenvalue weighted by atomic mass is 10.1. The van der Waals surface area contributed by atoms with Crippen LogP contribution in [0.25, 0.3) is 0 Å². The molecule has 1 aromatic carbocycles. The van der Waals surface area contributed by atoms with Crippen LogP contribution < -0.4 is 4.90 Å². The van der Waals surface area contributed by atoms with Crippen LogP contribution >= 0.6 is 0 Å². The maximum Gasteiger partial charge on any atom is 0.417 e. The molecule has 19 heavy (non-hydrogen) atoms. The minimum atomic E-state index is -4.64. The molecule has 0 aliphatic carbocycles. The van der Waals surface area contributed by atoms with E-state index >= 15 is 0 Å². The Morgan fingerprint density at radius 2 is 2.05 bits per heavy atom. The Bertz CT molecular complexity index is 513. The molecular weight excluding hydrogens is 263 g/mol. The number of morpholine rings is 1. The van der Waals surface area contributed by atoms with Crippen molar-refractivity contribution in [2.75, 3.05) is 24.7 Å². The molecule has 1 aliphatic heterocycles. The summed E-state index contributed by atoms with van der Waals surface area (Å²) in [5.74, 6) is -0.404. The maximum absolute atomic E-state index is 12.8. The van der Waals surface area contributed by atoms with E-state index in [1.54, 1.807) is 0 Å². The lowest BCUT2D eigenvalue weighted by Crippen LogP contribution is -2.41. The summed E-state index contributed by atoms with van der Waals surface area (Å²) in [4.78, 5) is 23.4. The number of benzene rings is 1. The molecule has 0 radical (unpaired) electrons. The van der Waals surface area contributed by atoms with Crippen LogP contribution in [0.15, 0.2) is 18.2 Å². The van der Waals surface area contributed by atoms with Crippen LogP contribution in [-0.2, 0) is 15.7 Å². The zero-order valence-electron chi connectivity index (χ0n) is 9.74. The summed E-state index contributed by atoms with van der Waals surface area (Å²) in [7, 11) is 0. The van der Waals surface area contributed by atoms with Crippen LogP contribution in [-0.4, -0.2) is 32.0 Å². The van der Waals surface area contributed by atoms with E-state index in [9.17, 15) is 22.8 Å². The van der Waals surface area contributed by atoms with E-state index < -0.39 is 23.2 Å². The smallest absolute Gasteiger partial charge is 0.370 e. The summed E-state index contributed by atoms with van der Waals surface area (Å²) in [5.41, 5.74) is -1.37. The van der Waals surface area contributed by atoms with Gasteiger partial charge < -0.3 is 9.64 Å². The van der Waals surface area contributed by atoms with Crippen LogP contribution in [0.2, 0.25) is 0 Å². The second kappa shape index (κ2) is 5.00. The first-order valence-corrected chi connectivity index (χ1v) is 5.48. The van der Waals surface area contributed by atoms with Gasteiger partial charge in [0.2, 0.25) is 0 Å². The number of alkyl halides is 3. The average molecular weight is 273 g/mol. The Morgan fingerprint density at radius 1 is 1.32 bits per heavy atom. The van der Waals surface area contributed by atoms with Gasteiger partial charge in [-0.05, 0) is 18.2 Å². The van der Waals surface area contributed by atoms with Gasteiger partial charge >= 0.3 is 6.18 Å². The Labute approximate surface area is 106 Å². The molecule has 7 heteroatoms. The molecule has 1 fully saturated rings. The monoisotopic (exact) mass is 273 g/mol. The number of aldehydes is 1. The van der Waals surface area contributed by atoms with Gasteiger partial charge in [0.1, 0.15) is 6.61 Å². The van der Waals surface area contributed by atoms with Gasteiger partial charge in [0.25, 0.3) is 5.91 Å². The SMILES string of the molecule is O=Cc1ccc(N2CCOCC2=O)cc1C(F)(F)F. The van der Waals surface area contributed by atoms with Crippen molar-refractivity contribution in [2.24, 2.45) is 0 Å². The van der Waals surface area contributed by atoms with Crippen molar-refractivity contribution in [1.29, 1.82) is 0 Å². The van der Waals surface area contributed by atoms with Crippen LogP contribution in [0.5, 0.6) is 0 Å². The summed E-state index contributed by atoms with van der Waals surface area (Å²) in [6.45, 7) is 0.301. The fourth-order valence-electron chi connectivity index (χ4n) is 1.85. The Hall–Kier alpha value is -1.89. The average Bonchev–Trinajstić information content (AvgIpc) is 2.37. The van der Waals surface area contributed by atoms with Crippen molar-refractivity contribution in [2.45, 2.75) is 6.18 Å². The van der Waals surface area contributed by atoms with Crippen LogP contribution in [0.4, 0.5) is 18.9 Å².